The van der Waals surface area contributed by atoms with Crippen LogP contribution in [0.15, 0.2) is 47.5 Å². The molecule has 1 fully saturated rings. The molecule has 1 aliphatic heterocycles. The molecule has 0 N–H and O–H groups in total. The van der Waals surface area contributed by atoms with Gasteiger partial charge in [0.05, 0.1) is 27.0 Å². The summed E-state index contributed by atoms with van der Waals surface area (Å²) < 4.78 is 21.4. The zero-order valence-corrected chi connectivity index (χ0v) is 17.5. The van der Waals surface area contributed by atoms with Crippen molar-refractivity contribution in [2.45, 2.75) is 6.42 Å². The summed E-state index contributed by atoms with van der Waals surface area (Å²) in [6.07, 6.45) is 0.907. The van der Waals surface area contributed by atoms with Crippen LogP contribution in [0.4, 0.5) is 5.69 Å². The number of carbonyl (C=O) groups excluding carboxylic acids is 1. The van der Waals surface area contributed by atoms with Crippen LogP contribution < -0.4 is 18.9 Å². The molecule has 1 aliphatic rings. The van der Waals surface area contributed by atoms with E-state index in [1.165, 1.54) is 0 Å². The number of methoxy groups -OCH3 is 3. The second-order valence-corrected chi connectivity index (χ2v) is 7.21. The van der Waals surface area contributed by atoms with Gasteiger partial charge in [0.15, 0.2) is 23.3 Å². The average molecular weight is 416 g/mol. The van der Waals surface area contributed by atoms with E-state index in [0.29, 0.717) is 34.6 Å². The summed E-state index contributed by atoms with van der Waals surface area (Å²) in [7, 11) is 4.77. The molecule has 2 aromatic rings. The Morgan fingerprint density at radius 3 is 2.41 bits per heavy atom. The van der Waals surface area contributed by atoms with E-state index in [0.717, 1.165) is 17.9 Å². The first-order valence-electron chi connectivity index (χ1n) is 9.15. The molecule has 3 rings (SSSR count). The van der Waals surface area contributed by atoms with E-state index >= 15 is 0 Å². The molecule has 0 spiro atoms. The number of hydrogen-bond acceptors (Lipinski definition) is 7. The first-order valence-corrected chi connectivity index (χ1v) is 10.1. The standard InChI is InChI=1S/C21H24N2O5S/c1-25-16-6-8-17(9-7-16)28-14-20(24)23-11-4-12-29-21(23)22-15-5-10-18(26-2)19(13-15)27-3/h5-10,13H,4,11-12,14H2,1-3H3. The molecule has 1 saturated heterocycles. The van der Waals surface area contributed by atoms with Crippen LogP contribution in [0.1, 0.15) is 6.42 Å². The van der Waals surface area contributed by atoms with Crippen molar-refractivity contribution >= 4 is 28.5 Å². The van der Waals surface area contributed by atoms with Gasteiger partial charge in [-0.05, 0) is 42.8 Å². The Balaban J connectivity index is 1.71. The minimum Gasteiger partial charge on any atom is -0.497 e. The van der Waals surface area contributed by atoms with E-state index in [-0.39, 0.29) is 12.5 Å². The van der Waals surface area contributed by atoms with Crippen LogP contribution in [-0.2, 0) is 4.79 Å². The predicted molar refractivity (Wildman–Crippen MR) is 114 cm³/mol. The fourth-order valence-corrected chi connectivity index (χ4v) is 3.76. The molecular weight excluding hydrogens is 392 g/mol. The molecule has 8 heteroatoms. The highest BCUT2D eigenvalue weighted by Crippen LogP contribution is 2.32. The summed E-state index contributed by atoms with van der Waals surface area (Å²) in [5.41, 5.74) is 0.695. The monoisotopic (exact) mass is 416 g/mol. The molecule has 2 aromatic carbocycles. The molecule has 1 amide bonds. The number of benzene rings is 2. The lowest BCUT2D eigenvalue weighted by Gasteiger charge is -2.27. The van der Waals surface area contributed by atoms with Crippen molar-refractivity contribution < 1.29 is 23.7 Å². The van der Waals surface area contributed by atoms with Crippen LogP contribution in [0.3, 0.4) is 0 Å². The number of hydrogen-bond donors (Lipinski definition) is 0. The molecular formula is C21H24N2O5S. The third-order valence-electron chi connectivity index (χ3n) is 4.30. The third kappa shape index (κ3) is 5.35. The first-order chi connectivity index (χ1) is 14.1. The molecule has 154 valence electrons. The van der Waals surface area contributed by atoms with E-state index in [4.69, 9.17) is 18.9 Å². The average Bonchev–Trinajstić information content (AvgIpc) is 2.78. The number of carbonyl (C=O) groups is 1. The third-order valence-corrected chi connectivity index (χ3v) is 5.37. The molecule has 29 heavy (non-hydrogen) atoms. The second kappa shape index (κ2) is 10.1. The van der Waals surface area contributed by atoms with Crippen LogP contribution in [-0.4, -0.2) is 56.2 Å². The molecule has 0 radical (unpaired) electrons. The van der Waals surface area contributed by atoms with Gasteiger partial charge in [-0.3, -0.25) is 9.69 Å². The van der Waals surface area contributed by atoms with Gasteiger partial charge in [0.1, 0.15) is 11.5 Å². The van der Waals surface area contributed by atoms with Gasteiger partial charge in [-0.2, -0.15) is 0 Å². The lowest BCUT2D eigenvalue weighted by atomic mass is 10.3. The second-order valence-electron chi connectivity index (χ2n) is 6.15. The summed E-state index contributed by atoms with van der Waals surface area (Å²) in [5.74, 6) is 3.36. The summed E-state index contributed by atoms with van der Waals surface area (Å²) in [6.45, 7) is 0.557. The van der Waals surface area contributed by atoms with E-state index in [2.05, 4.69) is 4.99 Å². The van der Waals surface area contributed by atoms with Gasteiger partial charge >= 0.3 is 0 Å². The van der Waals surface area contributed by atoms with Crippen LogP contribution in [0.25, 0.3) is 0 Å². The van der Waals surface area contributed by atoms with Crippen LogP contribution >= 0.6 is 11.8 Å². The van der Waals surface area contributed by atoms with Crippen molar-refractivity contribution in [3.05, 3.63) is 42.5 Å². The minimum atomic E-state index is -0.132. The van der Waals surface area contributed by atoms with Crippen molar-refractivity contribution in [3.63, 3.8) is 0 Å². The number of rotatable bonds is 7. The van der Waals surface area contributed by atoms with E-state index in [1.54, 1.807) is 74.4 Å². The highest BCUT2D eigenvalue weighted by Gasteiger charge is 2.24. The number of ether oxygens (including phenoxy) is 4. The van der Waals surface area contributed by atoms with Gasteiger partial charge in [0.25, 0.3) is 5.91 Å². The molecule has 7 nitrogen and oxygen atoms in total. The van der Waals surface area contributed by atoms with Crippen molar-refractivity contribution in [1.82, 2.24) is 4.90 Å². The van der Waals surface area contributed by atoms with E-state index in [9.17, 15) is 4.79 Å². The highest BCUT2D eigenvalue weighted by atomic mass is 32.2. The summed E-state index contributed by atoms with van der Waals surface area (Å²) in [4.78, 5) is 19.1. The zero-order valence-electron chi connectivity index (χ0n) is 16.7. The van der Waals surface area contributed by atoms with Gasteiger partial charge in [0, 0.05) is 18.4 Å². The van der Waals surface area contributed by atoms with Crippen molar-refractivity contribution in [2.75, 3.05) is 40.2 Å². The number of amidine groups is 1. The largest absolute Gasteiger partial charge is 0.497 e. The number of aliphatic imine (C=N–C) groups is 1. The summed E-state index contributed by atoms with van der Waals surface area (Å²) in [6, 6.07) is 12.6. The fourth-order valence-electron chi connectivity index (χ4n) is 2.78. The molecule has 0 unspecified atom stereocenters. The number of amides is 1. The Hall–Kier alpha value is -2.87. The maximum atomic E-state index is 12.8. The number of thioether (sulfide) groups is 1. The predicted octanol–water partition coefficient (Wildman–Crippen LogP) is 3.74. The van der Waals surface area contributed by atoms with E-state index in [1.807, 2.05) is 6.07 Å². The zero-order chi connectivity index (χ0) is 20.6. The molecule has 0 aliphatic carbocycles. The molecule has 0 bridgehead atoms. The van der Waals surface area contributed by atoms with Crippen molar-refractivity contribution in [3.8, 4) is 23.0 Å². The van der Waals surface area contributed by atoms with Gasteiger partial charge in [0.2, 0.25) is 0 Å². The normalized spacial score (nSPS) is 15.1. The van der Waals surface area contributed by atoms with Gasteiger partial charge in [-0.25, -0.2) is 4.99 Å². The highest BCUT2D eigenvalue weighted by molar-refractivity contribution is 8.13. The summed E-state index contributed by atoms with van der Waals surface area (Å²) >= 11 is 1.56. The van der Waals surface area contributed by atoms with E-state index < -0.39 is 0 Å². The maximum Gasteiger partial charge on any atom is 0.266 e. The molecule has 1 heterocycles. The maximum absolute atomic E-state index is 12.8. The Morgan fingerprint density at radius 2 is 1.72 bits per heavy atom. The lowest BCUT2D eigenvalue weighted by molar-refractivity contribution is -0.129. The SMILES string of the molecule is COc1ccc(OCC(=O)N2CCCSC2=Nc2ccc(OC)c(OC)c2)cc1. The minimum absolute atomic E-state index is 0.0577. The Bertz CT molecular complexity index is 870. The van der Waals surface area contributed by atoms with Gasteiger partial charge in [-0.1, -0.05) is 11.8 Å². The Labute approximate surface area is 174 Å². The molecule has 0 atom stereocenters. The molecule has 0 aromatic heterocycles. The Kier molecular flexibility index (Phi) is 7.24. The number of nitrogens with zero attached hydrogens (tertiary/aromatic N) is 2. The lowest BCUT2D eigenvalue weighted by Crippen LogP contribution is -2.41. The van der Waals surface area contributed by atoms with Crippen molar-refractivity contribution in [2.24, 2.45) is 4.99 Å². The van der Waals surface area contributed by atoms with Gasteiger partial charge in [-0.15, -0.1) is 0 Å². The first kappa shape index (κ1) is 20.9. The van der Waals surface area contributed by atoms with Gasteiger partial charge < -0.3 is 18.9 Å². The smallest absolute Gasteiger partial charge is 0.266 e. The topological polar surface area (TPSA) is 69.6 Å². The molecule has 0 saturated carbocycles. The fraction of sp³-hybridized carbons (Fsp3) is 0.333. The van der Waals surface area contributed by atoms with Crippen molar-refractivity contribution in [1.29, 1.82) is 0 Å². The summed E-state index contributed by atoms with van der Waals surface area (Å²) in [5, 5.41) is 0.659. The van der Waals surface area contributed by atoms with Crippen LogP contribution in [0.5, 0.6) is 23.0 Å². The quantitative estimate of drug-likeness (QED) is 0.685. The van der Waals surface area contributed by atoms with Crippen LogP contribution in [0.2, 0.25) is 0 Å². The van der Waals surface area contributed by atoms with Crippen LogP contribution in [0, 0.1) is 0 Å². The Morgan fingerprint density at radius 1 is 1.00 bits per heavy atom.